The summed E-state index contributed by atoms with van der Waals surface area (Å²) in [5.74, 6) is 0.176. The number of hydrogen-bond donors (Lipinski definition) is 0. The fourth-order valence-corrected chi connectivity index (χ4v) is 1.89. The van der Waals surface area contributed by atoms with Crippen LogP contribution >= 0.6 is 0 Å². The van der Waals surface area contributed by atoms with Crippen molar-refractivity contribution < 1.29 is 14.3 Å². The molecule has 0 aromatic heterocycles. The SMILES string of the molecule is Cc1ccc(C(=O)/C=C/c2ccc(OC(=O)C(C)(C)C)cc2)cc1. The normalized spacial score (nSPS) is 11.5. The molecule has 0 heterocycles. The number of esters is 1. The first-order valence-corrected chi connectivity index (χ1v) is 7.87. The van der Waals surface area contributed by atoms with E-state index in [1.165, 1.54) is 0 Å². The van der Waals surface area contributed by atoms with Gasteiger partial charge in [0.1, 0.15) is 5.75 Å². The van der Waals surface area contributed by atoms with Crippen molar-refractivity contribution in [3.63, 3.8) is 0 Å². The van der Waals surface area contributed by atoms with Gasteiger partial charge in [-0.3, -0.25) is 9.59 Å². The van der Waals surface area contributed by atoms with Crippen molar-refractivity contribution in [2.24, 2.45) is 5.41 Å². The smallest absolute Gasteiger partial charge is 0.316 e. The van der Waals surface area contributed by atoms with Gasteiger partial charge in [-0.15, -0.1) is 0 Å². The molecule has 0 aliphatic carbocycles. The third kappa shape index (κ3) is 4.92. The molecule has 0 unspecified atom stereocenters. The van der Waals surface area contributed by atoms with Crippen molar-refractivity contribution in [2.45, 2.75) is 27.7 Å². The molecule has 3 nitrogen and oxygen atoms in total. The van der Waals surface area contributed by atoms with Crippen LogP contribution < -0.4 is 4.74 Å². The lowest BCUT2D eigenvalue weighted by Gasteiger charge is -2.16. The van der Waals surface area contributed by atoms with E-state index in [1.54, 1.807) is 24.3 Å². The molecule has 0 amide bonds. The summed E-state index contributed by atoms with van der Waals surface area (Å²) in [5, 5.41) is 0. The first-order valence-electron chi connectivity index (χ1n) is 7.87. The number of aryl methyl sites for hydroxylation is 1. The zero-order chi connectivity index (χ0) is 17.7. The minimum Gasteiger partial charge on any atom is -0.426 e. The summed E-state index contributed by atoms with van der Waals surface area (Å²) in [6.45, 7) is 7.41. The molecule has 0 fully saturated rings. The number of rotatable bonds is 4. The summed E-state index contributed by atoms with van der Waals surface area (Å²) in [4.78, 5) is 23.9. The van der Waals surface area contributed by atoms with Crippen molar-refractivity contribution >= 4 is 17.8 Å². The molecule has 2 rings (SSSR count). The summed E-state index contributed by atoms with van der Waals surface area (Å²) in [5.41, 5.74) is 2.11. The van der Waals surface area contributed by atoms with Crippen molar-refractivity contribution in [1.29, 1.82) is 0 Å². The second kappa shape index (κ2) is 7.26. The van der Waals surface area contributed by atoms with E-state index in [-0.39, 0.29) is 11.8 Å². The van der Waals surface area contributed by atoms with Crippen LogP contribution in [-0.4, -0.2) is 11.8 Å². The van der Waals surface area contributed by atoms with Crippen molar-refractivity contribution in [2.75, 3.05) is 0 Å². The first-order chi connectivity index (χ1) is 11.3. The zero-order valence-electron chi connectivity index (χ0n) is 14.5. The molecule has 0 aliphatic rings. The second-order valence-electron chi connectivity index (χ2n) is 6.77. The van der Waals surface area contributed by atoms with Crippen LogP contribution in [0.1, 0.15) is 42.3 Å². The minimum atomic E-state index is -0.543. The van der Waals surface area contributed by atoms with Crippen molar-refractivity contribution in [3.05, 3.63) is 71.3 Å². The Kier molecular flexibility index (Phi) is 5.35. The van der Waals surface area contributed by atoms with Crippen LogP contribution in [0.25, 0.3) is 6.08 Å². The number of hydrogen-bond acceptors (Lipinski definition) is 3. The molecule has 0 saturated heterocycles. The van der Waals surface area contributed by atoms with Crippen LogP contribution in [-0.2, 0) is 4.79 Å². The summed E-state index contributed by atoms with van der Waals surface area (Å²) < 4.78 is 5.31. The molecule has 0 aliphatic heterocycles. The van der Waals surface area contributed by atoms with Gasteiger partial charge in [-0.25, -0.2) is 0 Å². The van der Waals surface area contributed by atoms with Crippen LogP contribution in [0.3, 0.4) is 0 Å². The quantitative estimate of drug-likeness (QED) is 0.350. The third-order valence-corrected chi connectivity index (χ3v) is 3.47. The Morgan fingerprint density at radius 3 is 2.04 bits per heavy atom. The van der Waals surface area contributed by atoms with Crippen LogP contribution in [0.4, 0.5) is 0 Å². The van der Waals surface area contributed by atoms with E-state index in [0.717, 1.165) is 11.1 Å². The molecule has 0 radical (unpaired) electrons. The lowest BCUT2D eigenvalue weighted by atomic mass is 9.97. The maximum Gasteiger partial charge on any atom is 0.316 e. The van der Waals surface area contributed by atoms with Crippen LogP contribution in [0.5, 0.6) is 5.75 Å². The van der Waals surface area contributed by atoms with Crippen molar-refractivity contribution in [3.8, 4) is 5.75 Å². The standard InChI is InChI=1S/C21H22O3/c1-15-5-10-17(11-6-15)19(22)14-9-16-7-12-18(13-8-16)24-20(23)21(2,3)4/h5-14H,1-4H3/b14-9+. The van der Waals surface area contributed by atoms with E-state index in [4.69, 9.17) is 4.74 Å². The molecule has 3 heteroatoms. The molecular formula is C21H22O3. The molecule has 0 bridgehead atoms. The van der Waals surface area contributed by atoms with E-state index >= 15 is 0 Å². The molecule has 0 atom stereocenters. The molecule has 0 N–H and O–H groups in total. The van der Waals surface area contributed by atoms with Gasteiger partial charge in [0.2, 0.25) is 0 Å². The predicted octanol–water partition coefficient (Wildman–Crippen LogP) is 4.84. The van der Waals surface area contributed by atoms with Crippen LogP contribution in [0, 0.1) is 12.3 Å². The van der Waals surface area contributed by atoms with Gasteiger partial charge in [0.25, 0.3) is 0 Å². The van der Waals surface area contributed by atoms with Gasteiger partial charge < -0.3 is 4.74 Å². The third-order valence-electron chi connectivity index (χ3n) is 3.47. The molecular weight excluding hydrogens is 300 g/mol. The number of ketones is 1. The summed E-state index contributed by atoms with van der Waals surface area (Å²) >= 11 is 0. The summed E-state index contributed by atoms with van der Waals surface area (Å²) in [7, 11) is 0. The molecule has 0 spiro atoms. The Balaban J connectivity index is 2.02. The van der Waals surface area contributed by atoms with Crippen LogP contribution in [0.2, 0.25) is 0 Å². The lowest BCUT2D eigenvalue weighted by Crippen LogP contribution is -2.25. The average Bonchev–Trinajstić information content (AvgIpc) is 2.53. The predicted molar refractivity (Wildman–Crippen MR) is 96.1 cm³/mol. The van der Waals surface area contributed by atoms with Gasteiger partial charge in [-0.05, 0) is 51.5 Å². The van der Waals surface area contributed by atoms with E-state index in [9.17, 15) is 9.59 Å². The highest BCUT2D eigenvalue weighted by atomic mass is 16.5. The Morgan fingerprint density at radius 2 is 1.50 bits per heavy atom. The van der Waals surface area contributed by atoms with E-state index in [2.05, 4.69) is 0 Å². The summed E-state index contributed by atoms with van der Waals surface area (Å²) in [6, 6.07) is 14.5. The fourth-order valence-electron chi connectivity index (χ4n) is 1.89. The lowest BCUT2D eigenvalue weighted by molar-refractivity contribution is -0.142. The minimum absolute atomic E-state index is 0.0433. The molecule has 2 aromatic rings. The first kappa shape index (κ1) is 17.7. The Bertz CT molecular complexity index is 745. The Morgan fingerprint density at radius 1 is 0.917 bits per heavy atom. The van der Waals surface area contributed by atoms with Gasteiger partial charge in [-0.2, -0.15) is 0 Å². The van der Waals surface area contributed by atoms with Gasteiger partial charge >= 0.3 is 5.97 Å². The van der Waals surface area contributed by atoms with Gasteiger partial charge in [0.05, 0.1) is 5.41 Å². The zero-order valence-corrected chi connectivity index (χ0v) is 14.5. The molecule has 0 saturated carbocycles. The van der Waals surface area contributed by atoms with Crippen LogP contribution in [0.15, 0.2) is 54.6 Å². The van der Waals surface area contributed by atoms with Gasteiger partial charge in [0.15, 0.2) is 5.78 Å². The topological polar surface area (TPSA) is 43.4 Å². The number of ether oxygens (including phenoxy) is 1. The Labute approximate surface area is 143 Å². The van der Waals surface area contributed by atoms with E-state index < -0.39 is 5.41 Å². The maximum absolute atomic E-state index is 12.1. The second-order valence-corrected chi connectivity index (χ2v) is 6.77. The number of benzene rings is 2. The number of allylic oxidation sites excluding steroid dienone is 1. The molecule has 2 aromatic carbocycles. The highest BCUT2D eigenvalue weighted by Gasteiger charge is 2.23. The van der Waals surface area contributed by atoms with Gasteiger partial charge in [-0.1, -0.05) is 48.0 Å². The highest BCUT2D eigenvalue weighted by molar-refractivity contribution is 6.06. The maximum atomic E-state index is 12.1. The summed E-state index contributed by atoms with van der Waals surface area (Å²) in [6.07, 6.45) is 3.29. The Hall–Kier alpha value is -2.68. The van der Waals surface area contributed by atoms with E-state index in [0.29, 0.717) is 11.3 Å². The highest BCUT2D eigenvalue weighted by Crippen LogP contribution is 2.20. The monoisotopic (exact) mass is 322 g/mol. The number of carbonyl (C=O) groups is 2. The number of carbonyl (C=O) groups excluding carboxylic acids is 2. The fraction of sp³-hybridized carbons (Fsp3) is 0.238. The average molecular weight is 322 g/mol. The van der Waals surface area contributed by atoms with E-state index in [1.807, 2.05) is 64.1 Å². The van der Waals surface area contributed by atoms with Gasteiger partial charge in [0, 0.05) is 5.56 Å². The molecule has 24 heavy (non-hydrogen) atoms. The van der Waals surface area contributed by atoms with Crippen molar-refractivity contribution in [1.82, 2.24) is 0 Å². The molecule has 124 valence electrons. The largest absolute Gasteiger partial charge is 0.426 e.